The van der Waals surface area contributed by atoms with Gasteiger partial charge in [-0.2, -0.15) is 18.2 Å². The van der Waals surface area contributed by atoms with Crippen LogP contribution in [0.2, 0.25) is 0 Å². The highest BCUT2D eigenvalue weighted by Gasteiger charge is 2.42. The van der Waals surface area contributed by atoms with Gasteiger partial charge in [-0.05, 0) is 12.8 Å². The summed E-state index contributed by atoms with van der Waals surface area (Å²) >= 11 is 0. The van der Waals surface area contributed by atoms with Crippen molar-refractivity contribution < 1.29 is 13.2 Å². The van der Waals surface area contributed by atoms with Crippen molar-refractivity contribution in [1.82, 2.24) is 9.97 Å². The molecule has 15 heavy (non-hydrogen) atoms. The summed E-state index contributed by atoms with van der Waals surface area (Å²) in [5.74, 6) is -0.964. The van der Waals surface area contributed by atoms with Crippen molar-refractivity contribution in [3.8, 4) is 0 Å². The molecule has 1 heterocycles. The largest absolute Gasteiger partial charge is 0.421 e. The molecule has 1 aliphatic carbocycles. The summed E-state index contributed by atoms with van der Waals surface area (Å²) in [5.41, 5.74) is 9.50. The number of halogens is 3. The van der Waals surface area contributed by atoms with Crippen LogP contribution >= 0.6 is 0 Å². The number of anilines is 2. The van der Waals surface area contributed by atoms with Crippen molar-refractivity contribution in [3.63, 3.8) is 0 Å². The van der Waals surface area contributed by atoms with Crippen molar-refractivity contribution in [1.29, 1.82) is 0 Å². The highest BCUT2D eigenvalue weighted by molar-refractivity contribution is 5.49. The lowest BCUT2D eigenvalue weighted by molar-refractivity contribution is -0.138. The zero-order chi connectivity index (χ0) is 11.2. The third-order valence-electron chi connectivity index (χ3n) is 2.23. The number of nitrogens with zero attached hydrogens (tertiary/aromatic N) is 2. The fourth-order valence-corrected chi connectivity index (χ4v) is 1.46. The minimum Gasteiger partial charge on any atom is -0.383 e. The van der Waals surface area contributed by atoms with Gasteiger partial charge in [0, 0.05) is 5.92 Å². The molecule has 1 aromatic rings. The first-order valence-corrected chi connectivity index (χ1v) is 4.39. The Labute approximate surface area is 83.5 Å². The van der Waals surface area contributed by atoms with Crippen molar-refractivity contribution in [3.05, 3.63) is 11.3 Å². The molecule has 1 saturated carbocycles. The lowest BCUT2D eigenvalue weighted by Gasteiger charge is -2.13. The fraction of sp³-hybridized carbons (Fsp3) is 0.500. The van der Waals surface area contributed by atoms with E-state index in [2.05, 4.69) is 9.97 Å². The topological polar surface area (TPSA) is 77.8 Å². The molecule has 0 amide bonds. The zero-order valence-electron chi connectivity index (χ0n) is 7.67. The van der Waals surface area contributed by atoms with E-state index in [0.717, 1.165) is 0 Å². The summed E-state index contributed by atoms with van der Waals surface area (Å²) in [6, 6.07) is 0. The Balaban J connectivity index is 2.59. The molecular weight excluding hydrogens is 209 g/mol. The molecule has 0 radical (unpaired) electrons. The van der Waals surface area contributed by atoms with Crippen molar-refractivity contribution >= 4 is 11.8 Å². The van der Waals surface area contributed by atoms with Crippen LogP contribution in [0, 0.1) is 0 Å². The monoisotopic (exact) mass is 218 g/mol. The minimum absolute atomic E-state index is 0.0625. The van der Waals surface area contributed by atoms with E-state index >= 15 is 0 Å². The van der Waals surface area contributed by atoms with Gasteiger partial charge in [-0.15, -0.1) is 0 Å². The number of nitrogen functional groups attached to an aromatic ring is 2. The van der Waals surface area contributed by atoms with Crippen LogP contribution in [-0.4, -0.2) is 9.97 Å². The molecule has 0 spiro atoms. The SMILES string of the molecule is Nc1nc(N)c(C(F)(F)F)c(C2CC2)n1. The number of rotatable bonds is 1. The van der Waals surface area contributed by atoms with E-state index in [1.165, 1.54) is 0 Å². The Morgan fingerprint density at radius 2 is 1.73 bits per heavy atom. The maximum Gasteiger partial charge on any atom is 0.421 e. The van der Waals surface area contributed by atoms with Gasteiger partial charge in [-0.25, -0.2) is 4.98 Å². The summed E-state index contributed by atoms with van der Waals surface area (Å²) in [6.45, 7) is 0. The maximum atomic E-state index is 12.6. The van der Waals surface area contributed by atoms with Crippen molar-refractivity contribution in [2.24, 2.45) is 0 Å². The normalized spacial score (nSPS) is 16.7. The maximum absolute atomic E-state index is 12.6. The number of aromatic nitrogens is 2. The second-order valence-corrected chi connectivity index (χ2v) is 3.50. The Morgan fingerprint density at radius 1 is 1.13 bits per heavy atom. The molecule has 0 atom stereocenters. The highest BCUT2D eigenvalue weighted by Crippen LogP contribution is 2.46. The Bertz CT molecular complexity index is 398. The van der Waals surface area contributed by atoms with Crippen LogP contribution in [-0.2, 0) is 6.18 Å². The minimum atomic E-state index is -4.52. The van der Waals surface area contributed by atoms with E-state index in [0.29, 0.717) is 12.8 Å². The second-order valence-electron chi connectivity index (χ2n) is 3.50. The first-order chi connectivity index (χ1) is 6.89. The first-order valence-electron chi connectivity index (χ1n) is 4.39. The van der Waals surface area contributed by atoms with Crippen LogP contribution in [0.3, 0.4) is 0 Å². The average molecular weight is 218 g/mol. The van der Waals surface area contributed by atoms with Crippen LogP contribution < -0.4 is 11.5 Å². The number of hydrogen-bond donors (Lipinski definition) is 2. The molecule has 4 nitrogen and oxygen atoms in total. The van der Waals surface area contributed by atoms with Crippen molar-refractivity contribution in [2.75, 3.05) is 11.5 Å². The van der Waals surface area contributed by atoms with E-state index in [-0.39, 0.29) is 17.6 Å². The summed E-state index contributed by atoms with van der Waals surface area (Å²) in [7, 11) is 0. The summed E-state index contributed by atoms with van der Waals surface area (Å²) in [6.07, 6.45) is -3.13. The predicted molar refractivity (Wildman–Crippen MR) is 47.8 cm³/mol. The lowest BCUT2D eigenvalue weighted by Crippen LogP contribution is -2.16. The molecule has 1 fully saturated rings. The number of nitrogens with two attached hydrogens (primary N) is 2. The van der Waals surface area contributed by atoms with Gasteiger partial charge in [-0.3, -0.25) is 0 Å². The second kappa shape index (κ2) is 2.98. The Hall–Kier alpha value is -1.53. The van der Waals surface area contributed by atoms with Gasteiger partial charge in [0.2, 0.25) is 5.95 Å². The molecule has 0 bridgehead atoms. The van der Waals surface area contributed by atoms with Gasteiger partial charge in [0.05, 0.1) is 5.69 Å². The quantitative estimate of drug-likeness (QED) is 0.749. The summed E-state index contributed by atoms with van der Waals surface area (Å²) in [5, 5.41) is 0. The fourth-order valence-electron chi connectivity index (χ4n) is 1.46. The van der Waals surface area contributed by atoms with Crippen LogP contribution in [0.1, 0.15) is 30.0 Å². The molecule has 0 unspecified atom stereocenters. The zero-order valence-corrected chi connectivity index (χ0v) is 7.67. The molecule has 0 aliphatic heterocycles. The van der Waals surface area contributed by atoms with Gasteiger partial charge in [0.15, 0.2) is 0 Å². The van der Waals surface area contributed by atoms with E-state index in [4.69, 9.17) is 11.5 Å². The molecule has 2 rings (SSSR count). The number of hydrogen-bond acceptors (Lipinski definition) is 4. The molecule has 1 aromatic heterocycles. The highest BCUT2D eigenvalue weighted by atomic mass is 19.4. The molecule has 0 aromatic carbocycles. The van der Waals surface area contributed by atoms with Crippen LogP contribution in [0.4, 0.5) is 24.9 Å². The molecule has 4 N–H and O–H groups in total. The Morgan fingerprint density at radius 3 is 2.20 bits per heavy atom. The molecular formula is C8H9F3N4. The van der Waals surface area contributed by atoms with E-state index < -0.39 is 17.6 Å². The van der Waals surface area contributed by atoms with Gasteiger partial charge in [-0.1, -0.05) is 0 Å². The molecule has 82 valence electrons. The summed E-state index contributed by atoms with van der Waals surface area (Å²) in [4.78, 5) is 6.96. The van der Waals surface area contributed by atoms with Gasteiger partial charge < -0.3 is 11.5 Å². The van der Waals surface area contributed by atoms with Gasteiger partial charge >= 0.3 is 6.18 Å². The van der Waals surface area contributed by atoms with Gasteiger partial charge in [0.25, 0.3) is 0 Å². The smallest absolute Gasteiger partial charge is 0.383 e. The van der Waals surface area contributed by atoms with Crippen LogP contribution in [0.15, 0.2) is 0 Å². The average Bonchev–Trinajstić information content (AvgIpc) is 2.80. The van der Waals surface area contributed by atoms with Crippen LogP contribution in [0.5, 0.6) is 0 Å². The van der Waals surface area contributed by atoms with E-state index in [1.807, 2.05) is 0 Å². The number of alkyl halides is 3. The lowest BCUT2D eigenvalue weighted by atomic mass is 10.1. The molecule has 1 aliphatic rings. The third-order valence-corrected chi connectivity index (χ3v) is 2.23. The van der Waals surface area contributed by atoms with E-state index in [1.54, 1.807) is 0 Å². The summed E-state index contributed by atoms with van der Waals surface area (Å²) < 4.78 is 37.9. The Kier molecular flexibility index (Phi) is 1.99. The van der Waals surface area contributed by atoms with Crippen molar-refractivity contribution in [2.45, 2.75) is 24.9 Å². The molecule has 7 heteroatoms. The predicted octanol–water partition coefficient (Wildman–Crippen LogP) is 1.54. The first kappa shape index (κ1) is 10.0. The van der Waals surface area contributed by atoms with Crippen LogP contribution in [0.25, 0.3) is 0 Å². The van der Waals surface area contributed by atoms with Gasteiger partial charge in [0.1, 0.15) is 11.4 Å². The standard InChI is InChI=1S/C8H9F3N4/c9-8(10,11)4-5(3-1-2-3)14-7(13)15-6(4)12/h3H,1-2H2,(H4,12,13,14,15). The molecule has 0 saturated heterocycles. The third kappa shape index (κ3) is 1.81. The van der Waals surface area contributed by atoms with E-state index in [9.17, 15) is 13.2 Å².